The van der Waals surface area contributed by atoms with Crippen LogP contribution in [0.5, 0.6) is 0 Å². The van der Waals surface area contributed by atoms with Gasteiger partial charge >= 0.3 is 0 Å². The molecule has 8 N–H and O–H groups in total. The molecule has 8 aromatic heterocycles. The summed E-state index contributed by atoms with van der Waals surface area (Å²) in [4.78, 5) is 100.0. The highest BCUT2D eigenvalue weighted by molar-refractivity contribution is 7.94. The molecular formula is C80H84N12O20S8. The van der Waals surface area contributed by atoms with Gasteiger partial charge in [-0.25, -0.2) is 52.6 Å². The van der Waals surface area contributed by atoms with Gasteiger partial charge in [-0.1, -0.05) is 44.8 Å². The molecular weight excluding hydrogens is 1710 g/mol. The summed E-state index contributed by atoms with van der Waals surface area (Å²) in [6.07, 6.45) is 0. The van der Waals surface area contributed by atoms with E-state index in [4.69, 9.17) is 67.4 Å². The third kappa shape index (κ3) is 21.0. The van der Waals surface area contributed by atoms with Gasteiger partial charge in [0, 0.05) is 85.6 Å². The first kappa shape index (κ1) is 53.6. The van der Waals surface area contributed by atoms with E-state index in [1.165, 1.54) is 70.7 Å². The van der Waals surface area contributed by atoms with Gasteiger partial charge < -0.3 is 39.4 Å². The number of carbonyl (C=O) groups is 8. The van der Waals surface area contributed by atoms with Crippen LogP contribution in [-0.2, 0) is 40.1 Å². The average Bonchev–Trinajstić information content (AvgIpc) is 0.904. The lowest BCUT2D eigenvalue weighted by Crippen LogP contribution is -2.20. The molecule has 0 radical (unpaired) electrons. The number of rotatable bonds is 24. The zero-order chi connectivity index (χ0) is 119. The van der Waals surface area contributed by atoms with Crippen LogP contribution in [0.3, 0.4) is 0 Å². The number of anilines is 8. The summed E-state index contributed by atoms with van der Waals surface area (Å²) in [5.41, 5.74) is -9.50. The zero-order valence-corrected chi connectivity index (χ0v) is 69.5. The summed E-state index contributed by atoms with van der Waals surface area (Å²) in [6.45, 7) is -17.3. The van der Waals surface area contributed by atoms with Gasteiger partial charge in [-0.2, -0.15) is 0 Å². The van der Waals surface area contributed by atoms with Crippen LogP contribution in [0.1, 0.15) is 246 Å². The lowest BCUT2D eigenvalue weighted by molar-refractivity contribution is 0.100. The molecule has 0 spiro atoms. The minimum Gasteiger partial charge on any atom is -0.337 e. The first-order valence-corrected chi connectivity index (χ1v) is 42.4. The van der Waals surface area contributed by atoms with Gasteiger partial charge in [0.05, 0.1) is 53.7 Å². The van der Waals surface area contributed by atoms with Crippen molar-refractivity contribution in [2.45, 2.75) is 157 Å². The number of ketones is 4. The molecule has 0 unspecified atom stereocenters. The van der Waals surface area contributed by atoms with E-state index in [9.17, 15) is 72.0 Å². The van der Waals surface area contributed by atoms with E-state index in [1.54, 1.807) is 20.8 Å². The van der Waals surface area contributed by atoms with E-state index >= 15 is 0 Å². The fraction of sp³-hybridized carbons (Fsp3) is 0.250. The topological polar surface area (TPSA) is 473 Å². The number of nitrogens with one attached hydrogen (secondary N) is 8. The number of nitrogens with zero attached hydrogens (tertiary/aromatic N) is 4. The van der Waals surface area contributed by atoms with Crippen molar-refractivity contribution >= 4 is 178 Å². The third-order valence-electron chi connectivity index (χ3n) is 16.1. The second-order valence-corrected chi connectivity index (χ2v) is 34.9. The maximum Gasteiger partial charge on any atom is 0.267 e. The number of benzene rings is 4. The maximum atomic E-state index is 13.4. The van der Waals surface area contributed by atoms with Gasteiger partial charge in [0.2, 0.25) is 23.5 Å². The van der Waals surface area contributed by atoms with Crippen molar-refractivity contribution in [2.24, 2.45) is 0 Å². The van der Waals surface area contributed by atoms with Crippen LogP contribution in [-0.4, -0.2) is 101 Å². The first-order chi connectivity index (χ1) is 70.7. The van der Waals surface area contributed by atoms with Crippen LogP contribution in [0.4, 0.5) is 46.3 Å². The summed E-state index contributed by atoms with van der Waals surface area (Å²) >= 11 is 2.61. The van der Waals surface area contributed by atoms with Crippen molar-refractivity contribution in [3.05, 3.63) is 225 Å². The van der Waals surface area contributed by atoms with Gasteiger partial charge in [-0.3, -0.25) is 38.4 Å². The number of aryl methyl sites for hydroxylation is 6. The summed E-state index contributed by atoms with van der Waals surface area (Å²) < 4.78 is 410. The van der Waals surface area contributed by atoms with Crippen LogP contribution in [0, 0.1) is 110 Å². The molecule has 0 aliphatic rings. The van der Waals surface area contributed by atoms with Crippen LogP contribution < -0.4 is 40.2 Å². The molecule has 0 saturated carbocycles. The number of sulfonamides is 4. The molecule has 0 saturated heterocycles. The number of aromatic nitrogens is 4. The third-order valence-corrected chi connectivity index (χ3v) is 25.8. The van der Waals surface area contributed by atoms with Crippen molar-refractivity contribution in [2.75, 3.05) is 40.2 Å². The van der Waals surface area contributed by atoms with Crippen molar-refractivity contribution < 1.29 is 139 Å². The Labute approximate surface area is 758 Å². The van der Waals surface area contributed by atoms with Crippen LogP contribution in [0.25, 0.3) is 0 Å². The monoisotopic (exact) mass is 1820 g/mol. The fourth-order valence-electron chi connectivity index (χ4n) is 10.1. The molecule has 0 aliphatic heterocycles. The van der Waals surface area contributed by atoms with E-state index in [0.717, 1.165) is 34.9 Å². The van der Waals surface area contributed by atoms with Crippen molar-refractivity contribution in [3.8, 4) is 0 Å². The minimum atomic E-state index is -4.79. The smallest absolute Gasteiger partial charge is 0.267 e. The summed E-state index contributed by atoms with van der Waals surface area (Å²) in [6, 6.07) is 1.62. The van der Waals surface area contributed by atoms with Gasteiger partial charge in [-0.15, -0.1) is 45.3 Å². The molecule has 0 fully saturated rings. The van der Waals surface area contributed by atoms with Crippen molar-refractivity contribution in [3.63, 3.8) is 0 Å². The Hall–Kier alpha value is -11.9. The molecule has 0 bridgehead atoms. The van der Waals surface area contributed by atoms with Gasteiger partial charge in [0.25, 0.3) is 63.7 Å². The molecule has 4 amide bonds. The number of carbonyl (C=O) groups excluding carboxylic acids is 8. The lowest BCUT2D eigenvalue weighted by atomic mass is 10.0. The summed E-state index contributed by atoms with van der Waals surface area (Å²) in [7, 11) is -18.2. The second kappa shape index (κ2) is 37.2. The SMILES string of the molecule is [2H]c1c(C([2H])([2H])[2H])cc(C(=O)C([2H])([2H])[2H])c(NC(=O)c2sccc2S(=O)(=O)Nc2onc(C)c2C([2H])([2H])[2H])c1C([2H])([2H])[2H].[2H]c1c(C([2H])([2H])[2H])cc(C(=O)C([2H])([2H])[2H])c(NC(=O)c2sccc2S(=O)(=O)Nc2onc(C)c2C)c1C([2H])([2H])[2H].[2H]c1c(C)c([2H])c(C(=O)C([2H])([2H])[2H])c(NC(=O)c2sccc2S(=O)(=O)Nc2onc(C)c2C([2H])([2H])[2H])c1C.[2H]c1c(C)c([2H])c(C(=O)C([2H])([2H])[2H])c(NC(=O)c2sccc2S(=O)(=O)Nc2onc(C)c2C)c1C. The molecule has 0 atom stereocenters. The van der Waals surface area contributed by atoms with Gasteiger partial charge in [-0.05, 0) is 252 Å². The van der Waals surface area contributed by atoms with Crippen LogP contribution in [0.15, 0.2) is 132 Å². The summed E-state index contributed by atoms with van der Waals surface area (Å²) in [5.74, 6) is -12.7. The molecule has 40 heteroatoms. The Balaban J connectivity index is 0.000000230. The van der Waals surface area contributed by atoms with Crippen LogP contribution >= 0.6 is 45.3 Å². The zero-order valence-electron chi connectivity index (χ0n) is 99.0. The Morgan fingerprint density at radius 1 is 0.325 bits per heavy atom. The molecule has 0 aliphatic carbocycles. The summed E-state index contributed by atoms with van der Waals surface area (Å²) in [5, 5.41) is 28.0. The number of amides is 4. The molecule has 4 aromatic carbocycles. The van der Waals surface area contributed by atoms with E-state index in [-0.39, 0.29) is 73.0 Å². The Morgan fingerprint density at radius 2 is 0.575 bits per heavy atom. The van der Waals surface area contributed by atoms with Gasteiger partial charge in [0.1, 0.15) is 39.1 Å². The molecule has 632 valence electrons. The highest BCUT2D eigenvalue weighted by Crippen LogP contribution is 2.36. The first-order valence-electron chi connectivity index (χ1n) is 50.9. The van der Waals surface area contributed by atoms with E-state index in [2.05, 4.69) is 46.0 Å². The van der Waals surface area contributed by atoms with Crippen molar-refractivity contribution in [1.82, 2.24) is 20.6 Å². The number of hydrogen-bond donors (Lipinski definition) is 8. The predicted molar refractivity (Wildman–Crippen MR) is 460 cm³/mol. The largest absolute Gasteiger partial charge is 0.337 e. The predicted octanol–water partition coefficient (Wildman–Crippen LogP) is 16.9. The highest BCUT2D eigenvalue weighted by Gasteiger charge is 2.33. The van der Waals surface area contributed by atoms with Gasteiger partial charge in [0.15, 0.2) is 23.1 Å². The molecule has 12 aromatic rings. The quantitative estimate of drug-likeness (QED) is 0.0260. The average molecular weight is 1830 g/mol. The number of hydrogen-bond acceptors (Lipinski definition) is 28. The van der Waals surface area contributed by atoms with E-state index in [1.807, 2.05) is 14.8 Å². The number of thiophene rings is 4. The molecule has 8 heterocycles. The lowest BCUT2D eigenvalue weighted by Gasteiger charge is -2.14. The highest BCUT2D eigenvalue weighted by atomic mass is 32.2. The number of Topliss-reactive ketones (excluding diaryl/α,β-unsaturated/α-hetero) is 4. The molecule has 32 nitrogen and oxygen atoms in total. The van der Waals surface area contributed by atoms with Crippen LogP contribution in [0.2, 0.25) is 0 Å². The normalized spacial score (nSPS) is 16.8. The second-order valence-electron chi connectivity index (χ2n) is 24.6. The Morgan fingerprint density at radius 3 is 0.817 bits per heavy atom. The van der Waals surface area contributed by atoms with E-state index in [0.29, 0.717) is 68.7 Å². The minimum absolute atomic E-state index is 0.00186. The molecule has 120 heavy (non-hydrogen) atoms. The molecule has 12 rings (SSSR count). The fourth-order valence-corrected chi connectivity index (χ4v) is 19.4. The van der Waals surface area contributed by atoms with E-state index < -0.39 is 293 Å². The van der Waals surface area contributed by atoms with Crippen molar-refractivity contribution in [1.29, 1.82) is 0 Å². The maximum absolute atomic E-state index is 13.4. The standard InChI is InChI=1S/4C20H21N3O5S2/c4*1-10-8-11(2)17(15(9-10)14(5)24)21-19(25)18-16(6-7-29-18)30(26,27)23-20-12(3)13(4)22-28-20/h4*6-9,23H,1-5H3,(H,21,25)/i1D3,2D3,3D3,5D3,8D;3D3,5D3,8D,9D;1D3,2D3,5D3,8D;5D3,8D,9D. The Bertz CT molecular complexity index is 8200. The Kier molecular flexibility index (Phi) is 16.6.